The monoisotopic (exact) mass is 335 g/mol. The summed E-state index contributed by atoms with van der Waals surface area (Å²) < 4.78 is 1.23. The molecule has 0 bridgehead atoms. The lowest BCUT2D eigenvalue weighted by Gasteiger charge is -2.32. The van der Waals surface area contributed by atoms with Gasteiger partial charge in [0.05, 0.1) is 12.5 Å². The van der Waals surface area contributed by atoms with Gasteiger partial charge in [0.15, 0.2) is 0 Å². The van der Waals surface area contributed by atoms with Crippen molar-refractivity contribution in [3.63, 3.8) is 0 Å². The fourth-order valence-corrected chi connectivity index (χ4v) is 2.75. The summed E-state index contributed by atoms with van der Waals surface area (Å²) in [5.41, 5.74) is -0.110. The first kappa shape index (κ1) is 17.7. The second-order valence-electron chi connectivity index (χ2n) is 5.99. The highest BCUT2D eigenvalue weighted by Crippen LogP contribution is 2.17. The van der Waals surface area contributed by atoms with E-state index in [1.165, 1.54) is 46.7 Å². The van der Waals surface area contributed by atoms with E-state index in [-0.39, 0.29) is 30.2 Å². The van der Waals surface area contributed by atoms with Crippen LogP contribution in [0, 0.1) is 5.92 Å². The normalized spacial score (nSPS) is 17.4. The predicted octanol–water partition coefficient (Wildman–Crippen LogP) is -0.219. The van der Waals surface area contributed by atoms with Crippen LogP contribution in [-0.2, 0) is 16.6 Å². The molecule has 1 aromatic heterocycles. The Morgan fingerprint density at radius 1 is 1.33 bits per heavy atom. The molecule has 0 aliphatic carbocycles. The summed E-state index contributed by atoms with van der Waals surface area (Å²) in [6, 6.07) is 4.36. The van der Waals surface area contributed by atoms with Gasteiger partial charge >= 0.3 is 5.97 Å². The zero-order valence-corrected chi connectivity index (χ0v) is 13.8. The average molecular weight is 335 g/mol. The van der Waals surface area contributed by atoms with Gasteiger partial charge in [-0.3, -0.25) is 19.2 Å². The number of aromatic nitrogens is 1. The van der Waals surface area contributed by atoms with Crippen molar-refractivity contribution in [2.24, 2.45) is 13.0 Å². The van der Waals surface area contributed by atoms with E-state index in [9.17, 15) is 19.2 Å². The van der Waals surface area contributed by atoms with Gasteiger partial charge in [-0.1, -0.05) is 6.07 Å². The molecule has 2 heterocycles. The SMILES string of the molecule is CN(CC(=O)N1CCCC(C(=O)O)C1)C(=O)c1cccc(=O)n1C. The lowest BCUT2D eigenvalue weighted by Crippen LogP contribution is -2.47. The number of pyridine rings is 1. The molecular weight excluding hydrogens is 314 g/mol. The first-order chi connectivity index (χ1) is 11.3. The molecule has 130 valence electrons. The lowest BCUT2D eigenvalue weighted by molar-refractivity contribution is -0.145. The van der Waals surface area contributed by atoms with Crippen molar-refractivity contribution >= 4 is 17.8 Å². The van der Waals surface area contributed by atoms with Crippen LogP contribution in [0.3, 0.4) is 0 Å². The van der Waals surface area contributed by atoms with Gasteiger partial charge < -0.3 is 19.5 Å². The van der Waals surface area contributed by atoms with Gasteiger partial charge in [0.1, 0.15) is 5.69 Å². The summed E-state index contributed by atoms with van der Waals surface area (Å²) in [7, 11) is 2.98. The highest BCUT2D eigenvalue weighted by atomic mass is 16.4. The van der Waals surface area contributed by atoms with E-state index < -0.39 is 17.8 Å². The first-order valence-electron chi connectivity index (χ1n) is 7.73. The molecule has 2 rings (SSSR count). The standard InChI is InChI=1S/C16H21N3O5/c1-17(15(22)12-6-3-7-13(20)18(12)2)10-14(21)19-8-4-5-11(9-19)16(23)24/h3,6-7,11H,4-5,8-10H2,1-2H3,(H,23,24). The fourth-order valence-electron chi connectivity index (χ4n) is 2.75. The molecule has 2 amide bonds. The quantitative estimate of drug-likeness (QED) is 0.820. The van der Waals surface area contributed by atoms with Crippen molar-refractivity contribution in [2.45, 2.75) is 12.8 Å². The van der Waals surface area contributed by atoms with Crippen molar-refractivity contribution < 1.29 is 19.5 Å². The topological polar surface area (TPSA) is 99.9 Å². The van der Waals surface area contributed by atoms with Gasteiger partial charge in [0.2, 0.25) is 5.91 Å². The maximum Gasteiger partial charge on any atom is 0.308 e. The highest BCUT2D eigenvalue weighted by Gasteiger charge is 2.29. The van der Waals surface area contributed by atoms with Gasteiger partial charge in [-0.05, 0) is 18.9 Å². The third kappa shape index (κ3) is 3.81. The summed E-state index contributed by atoms with van der Waals surface area (Å²) >= 11 is 0. The molecule has 1 atom stereocenters. The molecule has 1 unspecified atom stereocenters. The van der Waals surface area contributed by atoms with Crippen molar-refractivity contribution in [1.82, 2.24) is 14.4 Å². The average Bonchev–Trinajstić information content (AvgIpc) is 2.56. The predicted molar refractivity (Wildman–Crippen MR) is 85.6 cm³/mol. The highest BCUT2D eigenvalue weighted by molar-refractivity contribution is 5.95. The molecule has 0 saturated carbocycles. The van der Waals surface area contributed by atoms with Crippen LogP contribution < -0.4 is 5.56 Å². The van der Waals surface area contributed by atoms with E-state index in [1.54, 1.807) is 0 Å². The van der Waals surface area contributed by atoms with E-state index in [0.29, 0.717) is 19.4 Å². The molecule has 0 aromatic carbocycles. The van der Waals surface area contributed by atoms with E-state index in [4.69, 9.17) is 5.11 Å². The largest absolute Gasteiger partial charge is 0.481 e. The maximum absolute atomic E-state index is 12.4. The van der Waals surface area contributed by atoms with Crippen LogP contribution in [-0.4, -0.2) is 63.9 Å². The molecule has 1 aliphatic rings. The molecule has 8 nitrogen and oxygen atoms in total. The Kier molecular flexibility index (Phi) is 5.38. The Balaban J connectivity index is 2.03. The Morgan fingerprint density at radius 2 is 2.04 bits per heavy atom. The zero-order valence-electron chi connectivity index (χ0n) is 13.8. The number of amides is 2. The molecule has 1 N–H and O–H groups in total. The molecule has 0 spiro atoms. The van der Waals surface area contributed by atoms with Crippen LogP contribution in [0.25, 0.3) is 0 Å². The number of carbonyl (C=O) groups excluding carboxylic acids is 2. The number of carboxylic acids is 1. The Bertz CT molecular complexity index is 712. The van der Waals surface area contributed by atoms with Gasteiger partial charge in [-0.25, -0.2) is 0 Å². The van der Waals surface area contributed by atoms with Crippen LogP contribution in [0.1, 0.15) is 23.3 Å². The number of hydrogen-bond donors (Lipinski definition) is 1. The zero-order chi connectivity index (χ0) is 17.9. The van der Waals surface area contributed by atoms with Gasteiger partial charge in [0.25, 0.3) is 11.5 Å². The van der Waals surface area contributed by atoms with Crippen molar-refractivity contribution in [3.05, 3.63) is 34.2 Å². The number of carboxylic acid groups (broad SMARTS) is 1. The van der Waals surface area contributed by atoms with Crippen molar-refractivity contribution in [1.29, 1.82) is 0 Å². The van der Waals surface area contributed by atoms with Crippen LogP contribution in [0.2, 0.25) is 0 Å². The minimum atomic E-state index is -0.906. The third-order valence-corrected chi connectivity index (χ3v) is 4.25. The summed E-state index contributed by atoms with van der Waals surface area (Å²) in [5.74, 6) is -2.19. The molecule has 1 aromatic rings. The molecule has 1 saturated heterocycles. The van der Waals surface area contributed by atoms with Crippen LogP contribution in [0.5, 0.6) is 0 Å². The Morgan fingerprint density at radius 3 is 2.71 bits per heavy atom. The summed E-state index contributed by atoms with van der Waals surface area (Å²) in [6.07, 6.45) is 1.19. The number of rotatable bonds is 4. The number of nitrogens with zero attached hydrogens (tertiary/aromatic N) is 3. The van der Waals surface area contributed by atoms with E-state index in [1.807, 2.05) is 0 Å². The first-order valence-corrected chi connectivity index (χ1v) is 7.73. The number of aliphatic carboxylic acids is 1. The minimum Gasteiger partial charge on any atom is -0.481 e. The molecule has 0 radical (unpaired) electrons. The van der Waals surface area contributed by atoms with Crippen LogP contribution in [0.4, 0.5) is 0 Å². The van der Waals surface area contributed by atoms with E-state index >= 15 is 0 Å². The van der Waals surface area contributed by atoms with Crippen LogP contribution >= 0.6 is 0 Å². The Labute approximate surface area is 139 Å². The number of likely N-dealkylation sites (tertiary alicyclic amines) is 1. The molecule has 24 heavy (non-hydrogen) atoms. The van der Waals surface area contributed by atoms with E-state index in [2.05, 4.69) is 0 Å². The number of piperidine rings is 1. The third-order valence-electron chi connectivity index (χ3n) is 4.25. The van der Waals surface area contributed by atoms with Gasteiger partial charge in [0, 0.05) is 33.3 Å². The summed E-state index contributed by atoms with van der Waals surface area (Å²) in [5, 5.41) is 9.08. The smallest absolute Gasteiger partial charge is 0.308 e. The molecular formula is C16H21N3O5. The number of hydrogen-bond acceptors (Lipinski definition) is 4. The maximum atomic E-state index is 12.4. The second kappa shape index (κ2) is 7.29. The molecule has 1 aliphatic heterocycles. The molecule has 1 fully saturated rings. The van der Waals surface area contributed by atoms with Crippen molar-refractivity contribution in [3.8, 4) is 0 Å². The van der Waals surface area contributed by atoms with Gasteiger partial charge in [-0.15, -0.1) is 0 Å². The number of carbonyl (C=O) groups is 3. The van der Waals surface area contributed by atoms with E-state index in [0.717, 1.165) is 0 Å². The van der Waals surface area contributed by atoms with Gasteiger partial charge in [-0.2, -0.15) is 0 Å². The minimum absolute atomic E-state index is 0.158. The Hall–Kier alpha value is -2.64. The van der Waals surface area contributed by atoms with Crippen molar-refractivity contribution in [2.75, 3.05) is 26.7 Å². The fraction of sp³-hybridized carbons (Fsp3) is 0.500. The second-order valence-corrected chi connectivity index (χ2v) is 5.99. The van der Waals surface area contributed by atoms with Crippen LogP contribution in [0.15, 0.2) is 23.0 Å². The lowest BCUT2D eigenvalue weighted by atomic mass is 9.98. The summed E-state index contributed by atoms with van der Waals surface area (Å²) in [4.78, 5) is 50.1. The number of likely N-dealkylation sites (N-methyl/N-ethyl adjacent to an activating group) is 1. The summed E-state index contributed by atoms with van der Waals surface area (Å²) in [6.45, 7) is 0.503. The molecule has 8 heteroatoms.